The fourth-order valence-electron chi connectivity index (χ4n) is 1.43. The normalized spacial score (nSPS) is 9.76. The van der Waals surface area contributed by atoms with Crippen LogP contribution in [-0.2, 0) is 16.0 Å². The molecule has 0 saturated carbocycles. The van der Waals surface area contributed by atoms with Gasteiger partial charge in [0.25, 0.3) is 0 Å². The van der Waals surface area contributed by atoms with Crippen molar-refractivity contribution in [1.29, 1.82) is 0 Å². The van der Waals surface area contributed by atoms with Crippen molar-refractivity contribution in [3.63, 3.8) is 0 Å². The molecule has 1 amide bonds. The summed E-state index contributed by atoms with van der Waals surface area (Å²) >= 11 is 5.57. The van der Waals surface area contributed by atoms with Crippen LogP contribution in [0.2, 0.25) is 0 Å². The van der Waals surface area contributed by atoms with Crippen molar-refractivity contribution in [1.82, 2.24) is 0 Å². The molecule has 1 aromatic carbocycles. The Morgan fingerprint density at radius 2 is 2.24 bits per heavy atom. The lowest BCUT2D eigenvalue weighted by Gasteiger charge is -2.11. The van der Waals surface area contributed by atoms with Crippen LogP contribution in [0.25, 0.3) is 0 Å². The number of benzene rings is 1. The van der Waals surface area contributed by atoms with Crippen LogP contribution in [0.5, 0.6) is 0 Å². The average Bonchev–Trinajstić information content (AvgIpc) is 2.29. The van der Waals surface area contributed by atoms with Crippen molar-refractivity contribution in [3.8, 4) is 0 Å². The molecule has 91 valence electrons. The number of halogens is 1. The van der Waals surface area contributed by atoms with E-state index in [1.807, 2.05) is 18.4 Å². The number of carbonyl (C=O) groups excluding carboxylic acids is 2. The average molecular weight is 254 g/mol. The number of anilines is 2. The molecule has 0 aliphatic carbocycles. The second-order valence-electron chi connectivity index (χ2n) is 3.49. The molecule has 0 atom stereocenters. The molecule has 0 unspecified atom stereocenters. The summed E-state index contributed by atoms with van der Waals surface area (Å²) in [6.07, 6.45) is 1.97. The van der Waals surface area contributed by atoms with Crippen LogP contribution in [0.1, 0.15) is 12.5 Å². The molecule has 5 heteroatoms. The summed E-state index contributed by atoms with van der Waals surface area (Å²) < 4.78 is 0. The van der Waals surface area contributed by atoms with E-state index in [1.165, 1.54) is 6.92 Å². The number of alkyl halides is 1. The van der Waals surface area contributed by atoms with Crippen LogP contribution in [0.3, 0.4) is 0 Å². The summed E-state index contributed by atoms with van der Waals surface area (Å²) in [5.41, 5.74) is 2.23. The molecule has 17 heavy (non-hydrogen) atoms. The third kappa shape index (κ3) is 4.44. The van der Waals surface area contributed by atoms with Gasteiger partial charge in [0.2, 0.25) is 12.2 Å². The lowest BCUT2D eigenvalue weighted by Crippen LogP contribution is -2.09. The molecule has 0 aromatic heterocycles. The number of rotatable bonds is 6. The standard InChI is InChI=1S/C12H14ClN2O2/c1-9(17)15-12-3-2-11(14-6-5-13)8-10(12)4-7-16/h2-3,8,14H,4-6H2,1H3,(H,15,17). The predicted molar refractivity (Wildman–Crippen MR) is 69.4 cm³/mol. The van der Waals surface area contributed by atoms with E-state index in [0.29, 0.717) is 18.1 Å². The Morgan fingerprint density at radius 3 is 2.82 bits per heavy atom. The van der Waals surface area contributed by atoms with Crippen molar-refractivity contribution in [2.45, 2.75) is 13.3 Å². The minimum absolute atomic E-state index is 0.145. The third-order valence-electron chi connectivity index (χ3n) is 2.10. The summed E-state index contributed by atoms with van der Waals surface area (Å²) in [4.78, 5) is 21.4. The minimum atomic E-state index is -0.168. The quantitative estimate of drug-likeness (QED) is 0.762. The first-order chi connectivity index (χ1) is 8.17. The van der Waals surface area contributed by atoms with Crippen LogP contribution in [0.15, 0.2) is 18.2 Å². The molecule has 0 saturated heterocycles. The first-order valence-electron chi connectivity index (χ1n) is 5.22. The Bertz CT molecular complexity index is 407. The van der Waals surface area contributed by atoms with Crippen LogP contribution in [-0.4, -0.2) is 24.6 Å². The second kappa shape index (κ2) is 6.91. The molecule has 1 rings (SSSR count). The molecule has 2 N–H and O–H groups in total. The molecular formula is C12H14ClN2O2. The van der Waals surface area contributed by atoms with Crippen molar-refractivity contribution in [2.24, 2.45) is 0 Å². The summed E-state index contributed by atoms with van der Waals surface area (Å²) in [5.74, 6) is 0.335. The van der Waals surface area contributed by atoms with E-state index in [9.17, 15) is 9.59 Å². The molecule has 4 nitrogen and oxygen atoms in total. The van der Waals surface area contributed by atoms with E-state index in [2.05, 4.69) is 10.6 Å². The summed E-state index contributed by atoms with van der Waals surface area (Å²) in [7, 11) is 0. The Hall–Kier alpha value is -1.55. The Morgan fingerprint density at radius 1 is 1.47 bits per heavy atom. The number of hydrogen-bond donors (Lipinski definition) is 2. The molecule has 0 heterocycles. The van der Waals surface area contributed by atoms with Crippen LogP contribution in [0, 0.1) is 0 Å². The molecule has 0 fully saturated rings. The fourth-order valence-corrected chi connectivity index (χ4v) is 1.53. The highest BCUT2D eigenvalue weighted by molar-refractivity contribution is 6.18. The van der Waals surface area contributed by atoms with Gasteiger partial charge in [-0.15, -0.1) is 11.6 Å². The first-order valence-corrected chi connectivity index (χ1v) is 5.76. The maximum absolute atomic E-state index is 11.0. The van der Waals surface area contributed by atoms with Gasteiger partial charge in [-0.2, -0.15) is 0 Å². The third-order valence-corrected chi connectivity index (χ3v) is 2.29. The van der Waals surface area contributed by atoms with Crippen molar-refractivity contribution < 1.29 is 9.59 Å². The van der Waals surface area contributed by atoms with Crippen molar-refractivity contribution in [3.05, 3.63) is 23.8 Å². The minimum Gasteiger partial charge on any atom is -0.384 e. The van der Waals surface area contributed by atoms with E-state index in [4.69, 9.17) is 11.6 Å². The molecule has 0 aliphatic rings. The molecule has 1 radical (unpaired) electrons. The van der Waals surface area contributed by atoms with E-state index < -0.39 is 0 Å². The zero-order chi connectivity index (χ0) is 12.7. The summed E-state index contributed by atoms with van der Waals surface area (Å²) in [6, 6.07) is 5.39. The van der Waals surface area contributed by atoms with Gasteiger partial charge in [0.1, 0.15) is 0 Å². The summed E-state index contributed by atoms with van der Waals surface area (Å²) in [6.45, 7) is 2.07. The zero-order valence-electron chi connectivity index (χ0n) is 9.55. The number of nitrogens with one attached hydrogen (secondary N) is 2. The lowest BCUT2D eigenvalue weighted by molar-refractivity contribution is -0.114. The van der Waals surface area contributed by atoms with Gasteiger partial charge in [-0.3, -0.25) is 9.59 Å². The van der Waals surface area contributed by atoms with Gasteiger partial charge in [-0.25, -0.2) is 0 Å². The zero-order valence-corrected chi connectivity index (χ0v) is 10.3. The Balaban J connectivity index is 2.90. The predicted octanol–water partition coefficient (Wildman–Crippen LogP) is 1.95. The van der Waals surface area contributed by atoms with Gasteiger partial charge in [0.15, 0.2) is 0 Å². The van der Waals surface area contributed by atoms with Gasteiger partial charge in [-0.1, -0.05) is 0 Å². The Labute approximate surface area is 105 Å². The van der Waals surface area contributed by atoms with E-state index in [0.717, 1.165) is 11.3 Å². The SMILES string of the molecule is CC(=O)Nc1ccc(NCCCl)cc1C[C]=O. The van der Waals surface area contributed by atoms with Gasteiger partial charge < -0.3 is 10.6 Å². The van der Waals surface area contributed by atoms with Crippen LogP contribution in [0.4, 0.5) is 11.4 Å². The van der Waals surface area contributed by atoms with E-state index in [1.54, 1.807) is 6.07 Å². The highest BCUT2D eigenvalue weighted by Gasteiger charge is 2.05. The topological polar surface area (TPSA) is 58.2 Å². The molecule has 0 spiro atoms. The van der Waals surface area contributed by atoms with Gasteiger partial charge in [0, 0.05) is 37.1 Å². The smallest absolute Gasteiger partial charge is 0.221 e. The van der Waals surface area contributed by atoms with Gasteiger partial charge in [0.05, 0.1) is 0 Å². The first kappa shape index (κ1) is 13.5. The largest absolute Gasteiger partial charge is 0.384 e. The number of amides is 1. The summed E-state index contributed by atoms with van der Waals surface area (Å²) in [5, 5.41) is 5.77. The molecule has 1 aromatic rings. The molecule has 0 bridgehead atoms. The van der Waals surface area contributed by atoms with E-state index >= 15 is 0 Å². The molecule has 0 aliphatic heterocycles. The van der Waals surface area contributed by atoms with Crippen LogP contribution < -0.4 is 10.6 Å². The fraction of sp³-hybridized carbons (Fsp3) is 0.333. The second-order valence-corrected chi connectivity index (χ2v) is 3.87. The van der Waals surface area contributed by atoms with Gasteiger partial charge >= 0.3 is 0 Å². The molecular weight excluding hydrogens is 240 g/mol. The van der Waals surface area contributed by atoms with Crippen LogP contribution >= 0.6 is 11.6 Å². The van der Waals surface area contributed by atoms with Gasteiger partial charge in [-0.05, 0) is 23.8 Å². The number of carbonyl (C=O) groups is 1. The maximum Gasteiger partial charge on any atom is 0.221 e. The Kier molecular flexibility index (Phi) is 5.49. The lowest BCUT2D eigenvalue weighted by atomic mass is 10.1. The maximum atomic E-state index is 11.0. The highest BCUT2D eigenvalue weighted by atomic mass is 35.5. The number of hydrogen-bond acceptors (Lipinski definition) is 3. The highest BCUT2D eigenvalue weighted by Crippen LogP contribution is 2.20. The van der Waals surface area contributed by atoms with E-state index in [-0.39, 0.29) is 12.3 Å². The van der Waals surface area contributed by atoms with Crippen molar-refractivity contribution >= 4 is 35.2 Å². The van der Waals surface area contributed by atoms with Crippen molar-refractivity contribution in [2.75, 3.05) is 23.1 Å². The monoisotopic (exact) mass is 253 g/mol.